The zero-order valence-corrected chi connectivity index (χ0v) is 13.6. The van der Waals surface area contributed by atoms with Crippen molar-refractivity contribution < 1.29 is 14.6 Å². The maximum absolute atomic E-state index is 12.6. The molecule has 25 heavy (non-hydrogen) atoms. The summed E-state index contributed by atoms with van der Waals surface area (Å²) in [5, 5.41) is 26.8. The van der Waals surface area contributed by atoms with Crippen LogP contribution in [-0.4, -0.2) is 27.8 Å². The van der Waals surface area contributed by atoms with Crippen LogP contribution in [0.3, 0.4) is 0 Å². The zero-order valence-electron chi connectivity index (χ0n) is 13.6. The Labute approximate surface area is 144 Å². The number of aromatic hydroxyl groups is 1. The van der Waals surface area contributed by atoms with Crippen molar-refractivity contribution in [3.05, 3.63) is 46.8 Å². The molecule has 0 radical (unpaired) electrons. The van der Waals surface area contributed by atoms with Crippen LogP contribution in [0.5, 0.6) is 11.5 Å². The number of phenolic OH excluding ortho intramolecular Hbond substituents is 1. The number of nitrogens with zero attached hydrogens (tertiary/aromatic N) is 3. The first kappa shape index (κ1) is 15.3. The smallest absolute Gasteiger partial charge is 0.163 e. The predicted octanol–water partition coefficient (Wildman–Crippen LogP) is 2.49. The maximum Gasteiger partial charge on any atom is 0.163 e. The number of hydrogen-bond acceptors (Lipinski definition) is 6. The third-order valence-corrected chi connectivity index (χ3v) is 4.68. The minimum Gasteiger partial charge on any atom is -0.504 e. The Kier molecular flexibility index (Phi) is 3.46. The van der Waals surface area contributed by atoms with Gasteiger partial charge < -0.3 is 15.2 Å². The molecule has 7 heteroatoms. The van der Waals surface area contributed by atoms with Gasteiger partial charge in [0.25, 0.3) is 0 Å². The molecular weight excluding hydrogens is 320 g/mol. The van der Waals surface area contributed by atoms with Crippen LogP contribution in [0.25, 0.3) is 0 Å². The zero-order chi connectivity index (χ0) is 17.6. The van der Waals surface area contributed by atoms with E-state index in [1.165, 1.54) is 19.4 Å². The number of Topliss-reactive ketones (excluding diaryl/α,β-unsaturated/α-hetero) is 1. The van der Waals surface area contributed by atoms with E-state index in [1.807, 2.05) is 0 Å². The van der Waals surface area contributed by atoms with E-state index in [4.69, 9.17) is 4.74 Å². The summed E-state index contributed by atoms with van der Waals surface area (Å²) in [7, 11) is 1.48. The molecule has 2 aromatic rings. The lowest BCUT2D eigenvalue weighted by Crippen LogP contribution is -2.31. The number of benzene rings is 1. The number of methoxy groups -OCH3 is 1. The Hall–Kier alpha value is -3.27. The highest BCUT2D eigenvalue weighted by atomic mass is 16.5. The Balaban J connectivity index is 1.94. The molecule has 2 aliphatic rings. The Morgan fingerprint density at radius 1 is 1.44 bits per heavy atom. The molecule has 1 aliphatic heterocycles. The van der Waals surface area contributed by atoms with Crippen LogP contribution in [0.2, 0.25) is 0 Å². The first-order chi connectivity index (χ1) is 12.1. The molecule has 1 aromatic carbocycles. The van der Waals surface area contributed by atoms with Crippen LogP contribution in [0.4, 0.5) is 5.82 Å². The lowest BCUT2D eigenvalue weighted by molar-refractivity contribution is -0.116. The number of ketones is 1. The van der Waals surface area contributed by atoms with Gasteiger partial charge in [-0.25, -0.2) is 4.68 Å². The largest absolute Gasteiger partial charge is 0.504 e. The number of carbonyl (C=O) groups excluding carboxylic acids is 1. The number of rotatable bonds is 2. The van der Waals surface area contributed by atoms with Crippen LogP contribution in [0.1, 0.15) is 36.4 Å². The van der Waals surface area contributed by atoms with Crippen molar-refractivity contribution in [3.63, 3.8) is 0 Å². The van der Waals surface area contributed by atoms with Gasteiger partial charge in [0.2, 0.25) is 0 Å². The van der Waals surface area contributed by atoms with Crippen molar-refractivity contribution in [2.45, 2.75) is 25.3 Å². The van der Waals surface area contributed by atoms with E-state index in [9.17, 15) is 15.2 Å². The van der Waals surface area contributed by atoms with Crippen LogP contribution < -0.4 is 10.1 Å². The van der Waals surface area contributed by atoms with E-state index in [0.29, 0.717) is 29.1 Å². The summed E-state index contributed by atoms with van der Waals surface area (Å²) in [6.07, 6.45) is 3.53. The molecule has 4 rings (SSSR count). The summed E-state index contributed by atoms with van der Waals surface area (Å²) in [5.74, 6) is 1.02. The second-order valence-corrected chi connectivity index (χ2v) is 6.09. The second kappa shape index (κ2) is 5.67. The Morgan fingerprint density at radius 3 is 3.04 bits per heavy atom. The molecule has 1 aromatic heterocycles. The number of phenols is 1. The number of carbonyl (C=O) groups is 1. The molecule has 7 nitrogen and oxygen atoms in total. The van der Waals surface area contributed by atoms with Gasteiger partial charge in [-0.05, 0) is 30.5 Å². The van der Waals surface area contributed by atoms with Gasteiger partial charge in [0.15, 0.2) is 17.3 Å². The fraction of sp³-hybridized carbons (Fsp3) is 0.278. The highest BCUT2D eigenvalue weighted by molar-refractivity contribution is 5.99. The fourth-order valence-electron chi connectivity index (χ4n) is 3.51. The van der Waals surface area contributed by atoms with Crippen molar-refractivity contribution in [2.24, 2.45) is 0 Å². The number of aromatic nitrogens is 2. The number of nitrogens with one attached hydrogen (secondary N) is 1. The maximum atomic E-state index is 12.6. The normalized spacial score (nSPS) is 18.9. The molecule has 0 amide bonds. The minimum atomic E-state index is -0.448. The van der Waals surface area contributed by atoms with E-state index >= 15 is 0 Å². The second-order valence-electron chi connectivity index (χ2n) is 6.09. The summed E-state index contributed by atoms with van der Waals surface area (Å²) in [6, 6.07) is 6.67. The number of fused-ring (bicyclic) bond motifs is 1. The number of ether oxygens (including phenoxy) is 1. The molecule has 1 unspecified atom stereocenters. The molecule has 2 N–H and O–H groups in total. The fourth-order valence-corrected chi connectivity index (χ4v) is 3.51. The molecule has 1 aliphatic carbocycles. The van der Waals surface area contributed by atoms with Crippen molar-refractivity contribution in [1.82, 2.24) is 9.78 Å². The van der Waals surface area contributed by atoms with Crippen molar-refractivity contribution in [3.8, 4) is 17.6 Å². The average Bonchev–Trinajstić information content (AvgIpc) is 3.03. The van der Waals surface area contributed by atoms with Gasteiger partial charge in [-0.2, -0.15) is 10.4 Å². The molecule has 0 bridgehead atoms. The van der Waals surface area contributed by atoms with Crippen LogP contribution in [-0.2, 0) is 4.79 Å². The van der Waals surface area contributed by atoms with E-state index in [1.54, 1.807) is 16.8 Å². The molecule has 2 heterocycles. The summed E-state index contributed by atoms with van der Waals surface area (Å²) in [4.78, 5) is 12.6. The first-order valence-corrected chi connectivity index (χ1v) is 8.01. The monoisotopic (exact) mass is 336 g/mol. The molecule has 0 fully saturated rings. The Morgan fingerprint density at radius 2 is 2.28 bits per heavy atom. The third kappa shape index (κ3) is 2.26. The summed E-state index contributed by atoms with van der Waals surface area (Å²) in [6.45, 7) is 0. The van der Waals surface area contributed by atoms with Crippen LogP contribution in [0.15, 0.2) is 35.7 Å². The first-order valence-electron chi connectivity index (χ1n) is 8.01. The summed E-state index contributed by atoms with van der Waals surface area (Å²) < 4.78 is 6.86. The molecule has 126 valence electrons. The van der Waals surface area contributed by atoms with Gasteiger partial charge >= 0.3 is 0 Å². The van der Waals surface area contributed by atoms with Gasteiger partial charge in [-0.3, -0.25) is 4.79 Å². The Bertz CT molecular complexity index is 952. The predicted molar refractivity (Wildman–Crippen MR) is 89.2 cm³/mol. The van der Waals surface area contributed by atoms with Crippen molar-refractivity contribution >= 4 is 11.6 Å². The van der Waals surface area contributed by atoms with Gasteiger partial charge in [0.05, 0.1) is 13.3 Å². The van der Waals surface area contributed by atoms with Crippen molar-refractivity contribution in [1.29, 1.82) is 5.26 Å². The van der Waals surface area contributed by atoms with E-state index in [2.05, 4.69) is 16.5 Å². The van der Waals surface area contributed by atoms with Gasteiger partial charge in [0, 0.05) is 17.7 Å². The SMILES string of the molecule is COc1cc(C2C3=C(CCCC3=O)Nc3c(C#N)cnn32)ccc1O. The lowest BCUT2D eigenvalue weighted by Gasteiger charge is -2.33. The van der Waals surface area contributed by atoms with Gasteiger partial charge in [0.1, 0.15) is 23.5 Å². The highest BCUT2D eigenvalue weighted by Gasteiger charge is 2.36. The molecule has 0 saturated heterocycles. The molecule has 0 spiro atoms. The highest BCUT2D eigenvalue weighted by Crippen LogP contribution is 2.42. The quantitative estimate of drug-likeness (QED) is 0.874. The third-order valence-electron chi connectivity index (χ3n) is 4.68. The van der Waals surface area contributed by atoms with Gasteiger partial charge in [-0.1, -0.05) is 6.07 Å². The molecular formula is C18H16N4O3. The van der Waals surface area contributed by atoms with Crippen LogP contribution >= 0.6 is 0 Å². The standard InChI is InChI=1S/C18H16N4O3/c1-25-15-7-10(5-6-13(15)23)17-16-12(3-2-4-14(16)24)21-18-11(8-19)9-20-22(17)18/h5-7,9,17,21,23H,2-4H2,1H3. The topological polar surface area (TPSA) is 100 Å². The van der Waals surface area contributed by atoms with E-state index in [0.717, 1.165) is 24.1 Å². The molecule has 1 atom stereocenters. The number of hydrogen-bond donors (Lipinski definition) is 2. The van der Waals surface area contributed by atoms with E-state index < -0.39 is 6.04 Å². The number of anilines is 1. The van der Waals surface area contributed by atoms with Crippen LogP contribution in [0, 0.1) is 11.3 Å². The average molecular weight is 336 g/mol. The lowest BCUT2D eigenvalue weighted by atomic mass is 9.85. The van der Waals surface area contributed by atoms with Gasteiger partial charge in [-0.15, -0.1) is 0 Å². The van der Waals surface area contributed by atoms with E-state index in [-0.39, 0.29) is 11.5 Å². The van der Waals surface area contributed by atoms with Crippen molar-refractivity contribution in [2.75, 3.05) is 12.4 Å². The molecule has 0 saturated carbocycles. The summed E-state index contributed by atoms with van der Waals surface area (Å²) >= 11 is 0. The minimum absolute atomic E-state index is 0.0303. The number of allylic oxidation sites excluding steroid dienone is 2. The number of nitriles is 1. The summed E-state index contributed by atoms with van der Waals surface area (Å²) in [5.41, 5.74) is 2.71.